The first-order chi connectivity index (χ1) is 9.69. The third kappa shape index (κ3) is 4.04. The molecule has 0 radical (unpaired) electrons. The van der Waals surface area contributed by atoms with E-state index in [1.807, 2.05) is 12.1 Å². The van der Waals surface area contributed by atoms with E-state index in [1.165, 1.54) is 16.0 Å². The standard InChI is InChI=1S/C17H17NOS/c1-13-3-8-17(11-14(13)2)20-10-9-19-16-6-4-15(12-18)5-7-16/h3-8,11H,9-10H2,1-2H3. The highest BCUT2D eigenvalue weighted by molar-refractivity contribution is 7.99. The van der Waals surface area contributed by atoms with Crippen LogP contribution >= 0.6 is 11.8 Å². The molecular weight excluding hydrogens is 266 g/mol. The van der Waals surface area contributed by atoms with Gasteiger partial charge in [0.1, 0.15) is 5.75 Å². The average Bonchev–Trinajstić information content (AvgIpc) is 2.48. The maximum atomic E-state index is 8.72. The van der Waals surface area contributed by atoms with Crippen molar-refractivity contribution in [2.24, 2.45) is 0 Å². The number of aryl methyl sites for hydroxylation is 2. The molecule has 0 aromatic heterocycles. The number of ether oxygens (including phenoxy) is 1. The fraction of sp³-hybridized carbons (Fsp3) is 0.235. The summed E-state index contributed by atoms with van der Waals surface area (Å²) in [4.78, 5) is 1.27. The molecule has 2 aromatic rings. The lowest BCUT2D eigenvalue weighted by molar-refractivity contribution is 0.344. The first-order valence-electron chi connectivity index (χ1n) is 6.52. The zero-order valence-electron chi connectivity index (χ0n) is 11.7. The molecule has 0 aliphatic carbocycles. The first-order valence-corrected chi connectivity index (χ1v) is 7.50. The molecule has 0 saturated heterocycles. The number of thioether (sulfide) groups is 1. The molecule has 0 atom stereocenters. The van der Waals surface area contributed by atoms with Crippen LogP contribution in [0.25, 0.3) is 0 Å². The molecule has 0 heterocycles. The number of nitrogens with zero attached hydrogens (tertiary/aromatic N) is 1. The molecule has 0 N–H and O–H groups in total. The lowest BCUT2D eigenvalue weighted by atomic mass is 10.1. The van der Waals surface area contributed by atoms with Gasteiger partial charge in [-0.15, -0.1) is 11.8 Å². The van der Waals surface area contributed by atoms with Crippen LogP contribution in [0.2, 0.25) is 0 Å². The Morgan fingerprint density at radius 1 is 1.05 bits per heavy atom. The minimum absolute atomic E-state index is 0.654. The molecule has 0 spiro atoms. The van der Waals surface area contributed by atoms with Gasteiger partial charge in [-0.3, -0.25) is 0 Å². The van der Waals surface area contributed by atoms with Crippen molar-refractivity contribution in [2.45, 2.75) is 18.7 Å². The van der Waals surface area contributed by atoms with Crippen LogP contribution in [0.4, 0.5) is 0 Å². The minimum atomic E-state index is 0.654. The van der Waals surface area contributed by atoms with E-state index in [4.69, 9.17) is 10.00 Å². The van der Waals surface area contributed by atoms with Gasteiger partial charge < -0.3 is 4.74 Å². The van der Waals surface area contributed by atoms with Gasteiger partial charge >= 0.3 is 0 Å². The Balaban J connectivity index is 1.78. The Labute approximate surface area is 124 Å². The van der Waals surface area contributed by atoms with Crippen LogP contribution in [0, 0.1) is 25.2 Å². The van der Waals surface area contributed by atoms with Crippen molar-refractivity contribution in [3.63, 3.8) is 0 Å². The molecule has 20 heavy (non-hydrogen) atoms. The molecule has 2 rings (SSSR count). The zero-order valence-corrected chi connectivity index (χ0v) is 12.5. The van der Waals surface area contributed by atoms with Crippen molar-refractivity contribution >= 4 is 11.8 Å². The van der Waals surface area contributed by atoms with E-state index < -0.39 is 0 Å². The van der Waals surface area contributed by atoms with Crippen LogP contribution in [-0.4, -0.2) is 12.4 Å². The van der Waals surface area contributed by atoms with Crippen LogP contribution in [0.5, 0.6) is 5.75 Å². The summed E-state index contributed by atoms with van der Waals surface area (Å²) in [5.41, 5.74) is 3.30. The summed E-state index contributed by atoms with van der Waals surface area (Å²) in [5, 5.41) is 8.72. The molecule has 0 aliphatic heterocycles. The number of benzene rings is 2. The summed E-state index contributed by atoms with van der Waals surface area (Å²) in [6.07, 6.45) is 0. The molecule has 2 nitrogen and oxygen atoms in total. The first kappa shape index (κ1) is 14.5. The third-order valence-corrected chi connectivity index (χ3v) is 4.04. The monoisotopic (exact) mass is 283 g/mol. The van der Waals surface area contributed by atoms with Gasteiger partial charge in [-0.05, 0) is 61.4 Å². The van der Waals surface area contributed by atoms with Crippen LogP contribution < -0.4 is 4.74 Å². The Kier molecular flexibility index (Phi) is 5.09. The van der Waals surface area contributed by atoms with Gasteiger partial charge in [-0.25, -0.2) is 0 Å². The van der Waals surface area contributed by atoms with E-state index in [2.05, 4.69) is 38.1 Å². The second-order valence-electron chi connectivity index (χ2n) is 4.58. The van der Waals surface area contributed by atoms with Crippen molar-refractivity contribution in [2.75, 3.05) is 12.4 Å². The van der Waals surface area contributed by atoms with Gasteiger partial charge in [0.25, 0.3) is 0 Å². The van der Waals surface area contributed by atoms with Gasteiger partial charge in [-0.2, -0.15) is 5.26 Å². The molecule has 0 bridgehead atoms. The molecule has 0 saturated carbocycles. The molecule has 3 heteroatoms. The Bertz CT molecular complexity index is 614. The van der Waals surface area contributed by atoms with Crippen LogP contribution in [0.15, 0.2) is 47.4 Å². The third-order valence-electron chi connectivity index (χ3n) is 3.08. The van der Waals surface area contributed by atoms with E-state index in [0.29, 0.717) is 12.2 Å². The fourth-order valence-electron chi connectivity index (χ4n) is 1.75. The maximum absolute atomic E-state index is 8.72. The molecule has 0 unspecified atom stereocenters. The second kappa shape index (κ2) is 7.02. The van der Waals surface area contributed by atoms with Crippen molar-refractivity contribution in [3.05, 3.63) is 59.2 Å². The van der Waals surface area contributed by atoms with E-state index in [9.17, 15) is 0 Å². The molecule has 0 aliphatic rings. The van der Waals surface area contributed by atoms with Crippen LogP contribution in [0.3, 0.4) is 0 Å². The second-order valence-corrected chi connectivity index (χ2v) is 5.75. The van der Waals surface area contributed by atoms with Gasteiger partial charge in [0, 0.05) is 10.6 Å². The SMILES string of the molecule is Cc1ccc(SCCOc2ccc(C#N)cc2)cc1C. The van der Waals surface area contributed by atoms with Gasteiger partial charge in [0.05, 0.1) is 18.2 Å². The van der Waals surface area contributed by atoms with Crippen LogP contribution in [0.1, 0.15) is 16.7 Å². The summed E-state index contributed by atoms with van der Waals surface area (Å²) >= 11 is 1.79. The highest BCUT2D eigenvalue weighted by atomic mass is 32.2. The average molecular weight is 283 g/mol. The summed E-state index contributed by atoms with van der Waals surface area (Å²) in [5.74, 6) is 1.72. The Morgan fingerprint density at radius 3 is 2.45 bits per heavy atom. The maximum Gasteiger partial charge on any atom is 0.119 e. The smallest absolute Gasteiger partial charge is 0.119 e. The highest BCUT2D eigenvalue weighted by Gasteiger charge is 1.99. The topological polar surface area (TPSA) is 33.0 Å². The molecule has 102 valence electrons. The summed E-state index contributed by atoms with van der Waals surface area (Å²) < 4.78 is 5.65. The van der Waals surface area contributed by atoms with Crippen molar-refractivity contribution in [1.82, 2.24) is 0 Å². The predicted molar refractivity (Wildman–Crippen MR) is 83.3 cm³/mol. The molecule has 0 fully saturated rings. The van der Waals surface area contributed by atoms with E-state index in [-0.39, 0.29) is 0 Å². The zero-order chi connectivity index (χ0) is 14.4. The lowest BCUT2D eigenvalue weighted by Crippen LogP contribution is -2.00. The number of hydrogen-bond acceptors (Lipinski definition) is 3. The van der Waals surface area contributed by atoms with E-state index in [0.717, 1.165) is 11.5 Å². The molecule has 0 amide bonds. The van der Waals surface area contributed by atoms with Crippen LogP contribution in [-0.2, 0) is 0 Å². The minimum Gasteiger partial charge on any atom is -0.493 e. The molecular formula is C17H17NOS. The quantitative estimate of drug-likeness (QED) is 0.604. The summed E-state index contributed by atoms with van der Waals surface area (Å²) in [6.45, 7) is 4.91. The van der Waals surface area contributed by atoms with Gasteiger partial charge in [-0.1, -0.05) is 6.07 Å². The number of hydrogen-bond donors (Lipinski definition) is 0. The number of nitriles is 1. The molecule has 2 aromatic carbocycles. The highest BCUT2D eigenvalue weighted by Crippen LogP contribution is 2.21. The normalized spacial score (nSPS) is 10.1. The van der Waals surface area contributed by atoms with Crippen molar-refractivity contribution < 1.29 is 4.74 Å². The predicted octanol–water partition coefficient (Wildman–Crippen LogP) is 4.35. The van der Waals surface area contributed by atoms with Crippen molar-refractivity contribution in [1.29, 1.82) is 5.26 Å². The fourth-order valence-corrected chi connectivity index (χ4v) is 2.58. The van der Waals surface area contributed by atoms with Gasteiger partial charge in [0.2, 0.25) is 0 Å². The Morgan fingerprint density at radius 2 is 1.80 bits per heavy atom. The van der Waals surface area contributed by atoms with Gasteiger partial charge in [0.15, 0.2) is 0 Å². The number of rotatable bonds is 5. The van der Waals surface area contributed by atoms with Crippen molar-refractivity contribution in [3.8, 4) is 11.8 Å². The summed E-state index contributed by atoms with van der Waals surface area (Å²) in [6, 6.07) is 15.8. The lowest BCUT2D eigenvalue weighted by Gasteiger charge is -2.07. The van der Waals surface area contributed by atoms with E-state index in [1.54, 1.807) is 23.9 Å². The largest absolute Gasteiger partial charge is 0.493 e. The Hall–Kier alpha value is -1.92. The summed E-state index contributed by atoms with van der Waals surface area (Å²) in [7, 11) is 0. The van der Waals surface area contributed by atoms with E-state index >= 15 is 0 Å².